The van der Waals surface area contributed by atoms with E-state index in [9.17, 15) is 0 Å². The maximum atomic E-state index is 3.81. The van der Waals surface area contributed by atoms with Crippen molar-refractivity contribution in [1.82, 2.24) is 10.3 Å². The Balaban J connectivity index is 2.15. The van der Waals surface area contributed by atoms with Gasteiger partial charge in [-0.15, -0.1) is 6.58 Å². The Hall–Kier alpha value is -1.32. The molecule has 1 saturated heterocycles. The molecule has 1 N–H and O–H groups in total. The third-order valence-corrected chi connectivity index (χ3v) is 2.54. The molecule has 0 aliphatic carbocycles. The molecule has 1 aromatic carbocycles. The highest BCUT2D eigenvalue weighted by Gasteiger charge is 2.17. The molecule has 1 fully saturated rings. The summed E-state index contributed by atoms with van der Waals surface area (Å²) in [6, 6.07) is 10.4. The van der Waals surface area contributed by atoms with Crippen molar-refractivity contribution in [3.05, 3.63) is 43.0 Å². The molecule has 0 unspecified atom stereocenters. The Bertz CT molecular complexity index is 304. The lowest BCUT2D eigenvalue weighted by Crippen LogP contribution is -2.42. The molecule has 15 heavy (non-hydrogen) atoms. The minimum atomic E-state index is 0.853. The Labute approximate surface area is 91.0 Å². The first-order valence-electron chi connectivity index (χ1n) is 5.31. The summed E-state index contributed by atoms with van der Waals surface area (Å²) in [6.45, 7) is 7.70. The quantitative estimate of drug-likeness (QED) is 0.747. The molecule has 1 aliphatic rings. The minimum absolute atomic E-state index is 0.853. The van der Waals surface area contributed by atoms with E-state index in [4.69, 9.17) is 0 Å². The molecule has 1 aromatic rings. The lowest BCUT2D eigenvalue weighted by molar-refractivity contribution is 0.314. The number of anilines is 1. The molecule has 0 atom stereocenters. The van der Waals surface area contributed by atoms with Gasteiger partial charge in [0.1, 0.15) is 0 Å². The summed E-state index contributed by atoms with van der Waals surface area (Å²) in [5, 5.41) is 7.89. The summed E-state index contributed by atoms with van der Waals surface area (Å²) in [4.78, 5) is 0. The summed E-state index contributed by atoms with van der Waals surface area (Å²) in [6.07, 6.45) is 1.94. The van der Waals surface area contributed by atoms with Gasteiger partial charge in [0.15, 0.2) is 0 Å². The van der Waals surface area contributed by atoms with Crippen LogP contribution in [0.5, 0.6) is 0 Å². The first kappa shape index (κ1) is 10.2. The summed E-state index contributed by atoms with van der Waals surface area (Å²) < 4.78 is 0. The van der Waals surface area contributed by atoms with Gasteiger partial charge in [-0.25, -0.2) is 5.01 Å². The second-order valence-corrected chi connectivity index (χ2v) is 3.59. The molecule has 0 aromatic heterocycles. The number of benzene rings is 1. The third kappa shape index (κ3) is 2.37. The van der Waals surface area contributed by atoms with Gasteiger partial charge in [0, 0.05) is 13.1 Å². The molecule has 0 spiro atoms. The fourth-order valence-corrected chi connectivity index (χ4v) is 1.81. The van der Waals surface area contributed by atoms with Gasteiger partial charge in [-0.2, -0.15) is 0 Å². The van der Waals surface area contributed by atoms with Crippen molar-refractivity contribution in [2.45, 2.75) is 0 Å². The van der Waals surface area contributed by atoms with Gasteiger partial charge in [-0.05, 0) is 12.1 Å². The molecule has 2 rings (SSSR count). The first-order valence-corrected chi connectivity index (χ1v) is 5.31. The molecule has 1 heterocycles. The van der Waals surface area contributed by atoms with E-state index >= 15 is 0 Å². The molecule has 0 radical (unpaired) electrons. The van der Waals surface area contributed by atoms with Crippen molar-refractivity contribution in [2.24, 2.45) is 0 Å². The normalized spacial score (nSPS) is 16.5. The van der Waals surface area contributed by atoms with Crippen molar-refractivity contribution in [3.8, 4) is 0 Å². The zero-order valence-corrected chi connectivity index (χ0v) is 8.89. The molecular formula is C12H17N3. The maximum absolute atomic E-state index is 3.81. The number of hydrogen-bond donors (Lipinski definition) is 1. The van der Waals surface area contributed by atoms with Gasteiger partial charge < -0.3 is 10.3 Å². The Morgan fingerprint density at radius 3 is 2.80 bits per heavy atom. The number of hydrazine groups is 1. The average molecular weight is 203 g/mol. The number of rotatable bonds is 4. The molecule has 1 aliphatic heterocycles. The van der Waals surface area contributed by atoms with Gasteiger partial charge in [0.05, 0.1) is 18.9 Å². The largest absolute Gasteiger partial charge is 0.302 e. The summed E-state index contributed by atoms with van der Waals surface area (Å²) in [5.41, 5.74) is 1.22. The molecule has 0 saturated carbocycles. The van der Waals surface area contributed by atoms with E-state index in [0.29, 0.717) is 0 Å². The second-order valence-electron chi connectivity index (χ2n) is 3.59. The SMILES string of the molecule is C=CCN(c1ccccc1)N1CCNC1. The van der Waals surface area contributed by atoms with Crippen LogP contribution in [0.2, 0.25) is 0 Å². The number of nitrogens with one attached hydrogen (secondary N) is 1. The zero-order chi connectivity index (χ0) is 10.5. The maximum Gasteiger partial charge on any atom is 0.0672 e. The summed E-state index contributed by atoms with van der Waals surface area (Å²) in [5.74, 6) is 0. The third-order valence-electron chi connectivity index (χ3n) is 2.54. The van der Waals surface area contributed by atoms with Gasteiger partial charge in [0.2, 0.25) is 0 Å². The van der Waals surface area contributed by atoms with Crippen molar-refractivity contribution < 1.29 is 0 Å². The Morgan fingerprint density at radius 2 is 2.20 bits per heavy atom. The van der Waals surface area contributed by atoms with Crippen molar-refractivity contribution in [3.63, 3.8) is 0 Å². The average Bonchev–Trinajstić information content (AvgIpc) is 2.80. The highest BCUT2D eigenvalue weighted by molar-refractivity contribution is 5.45. The topological polar surface area (TPSA) is 18.5 Å². The molecule has 80 valence electrons. The summed E-state index contributed by atoms with van der Waals surface area (Å²) in [7, 11) is 0. The molecular weight excluding hydrogens is 186 g/mol. The zero-order valence-electron chi connectivity index (χ0n) is 8.89. The highest BCUT2D eigenvalue weighted by atomic mass is 15.7. The van der Waals surface area contributed by atoms with Crippen LogP contribution in [0.4, 0.5) is 5.69 Å². The van der Waals surface area contributed by atoms with Crippen LogP contribution in [0, 0.1) is 0 Å². The van der Waals surface area contributed by atoms with Crippen LogP contribution in [-0.4, -0.2) is 31.3 Å². The first-order chi connectivity index (χ1) is 7.42. The van der Waals surface area contributed by atoms with Gasteiger partial charge in [-0.3, -0.25) is 0 Å². The predicted molar refractivity (Wildman–Crippen MR) is 63.6 cm³/mol. The Morgan fingerprint density at radius 1 is 1.40 bits per heavy atom. The van der Waals surface area contributed by atoms with E-state index in [2.05, 4.69) is 46.2 Å². The van der Waals surface area contributed by atoms with E-state index in [-0.39, 0.29) is 0 Å². The van der Waals surface area contributed by atoms with Crippen LogP contribution in [0.25, 0.3) is 0 Å². The van der Waals surface area contributed by atoms with Crippen LogP contribution in [-0.2, 0) is 0 Å². The number of hydrogen-bond acceptors (Lipinski definition) is 3. The van der Waals surface area contributed by atoms with Crippen LogP contribution < -0.4 is 10.3 Å². The minimum Gasteiger partial charge on any atom is -0.302 e. The molecule has 3 nitrogen and oxygen atoms in total. The van der Waals surface area contributed by atoms with E-state index in [1.54, 1.807) is 0 Å². The highest BCUT2D eigenvalue weighted by Crippen LogP contribution is 2.16. The Kier molecular flexibility index (Phi) is 3.37. The number of para-hydroxylation sites is 1. The second kappa shape index (κ2) is 4.96. The van der Waals surface area contributed by atoms with Crippen molar-refractivity contribution >= 4 is 5.69 Å². The van der Waals surface area contributed by atoms with Gasteiger partial charge in [-0.1, -0.05) is 24.3 Å². The fourth-order valence-electron chi connectivity index (χ4n) is 1.81. The van der Waals surface area contributed by atoms with Crippen LogP contribution in [0.15, 0.2) is 43.0 Å². The lowest BCUT2D eigenvalue weighted by atomic mass is 10.3. The van der Waals surface area contributed by atoms with E-state index in [0.717, 1.165) is 26.3 Å². The van der Waals surface area contributed by atoms with E-state index in [1.165, 1.54) is 5.69 Å². The standard InChI is InChI=1S/C12H17N3/c1-2-9-15(14-10-8-13-11-14)12-6-4-3-5-7-12/h2-7,13H,1,8-11H2. The summed E-state index contributed by atoms with van der Waals surface area (Å²) >= 11 is 0. The van der Waals surface area contributed by atoms with E-state index in [1.807, 2.05) is 12.1 Å². The lowest BCUT2D eigenvalue weighted by Gasteiger charge is -2.32. The van der Waals surface area contributed by atoms with Crippen LogP contribution in [0.1, 0.15) is 0 Å². The number of nitrogens with zero attached hydrogens (tertiary/aromatic N) is 2. The molecule has 0 amide bonds. The monoisotopic (exact) mass is 203 g/mol. The molecule has 3 heteroatoms. The van der Waals surface area contributed by atoms with Crippen molar-refractivity contribution in [1.29, 1.82) is 0 Å². The predicted octanol–water partition coefficient (Wildman–Crippen LogP) is 1.46. The molecule has 0 bridgehead atoms. The smallest absolute Gasteiger partial charge is 0.0672 e. The van der Waals surface area contributed by atoms with Crippen LogP contribution in [0.3, 0.4) is 0 Å². The van der Waals surface area contributed by atoms with Crippen molar-refractivity contribution in [2.75, 3.05) is 31.3 Å². The van der Waals surface area contributed by atoms with Gasteiger partial charge in [0.25, 0.3) is 0 Å². The van der Waals surface area contributed by atoms with Crippen LogP contribution >= 0.6 is 0 Å². The fraction of sp³-hybridized carbons (Fsp3) is 0.333. The van der Waals surface area contributed by atoms with Gasteiger partial charge >= 0.3 is 0 Å². The van der Waals surface area contributed by atoms with E-state index < -0.39 is 0 Å².